The first-order valence-electron chi connectivity index (χ1n) is 5.35. The number of amides is 1. The molecular formula is C12H13NO4. The Balaban J connectivity index is 2.57. The van der Waals surface area contributed by atoms with Crippen molar-refractivity contribution < 1.29 is 19.4 Å². The van der Waals surface area contributed by atoms with E-state index in [2.05, 4.69) is 0 Å². The van der Waals surface area contributed by atoms with E-state index < -0.39 is 5.97 Å². The average molecular weight is 235 g/mol. The Morgan fingerprint density at radius 2 is 2.24 bits per heavy atom. The molecule has 0 saturated carbocycles. The van der Waals surface area contributed by atoms with E-state index in [-0.39, 0.29) is 18.1 Å². The van der Waals surface area contributed by atoms with Crippen molar-refractivity contribution in [1.29, 1.82) is 0 Å². The maximum atomic E-state index is 11.6. The third-order valence-electron chi connectivity index (χ3n) is 2.75. The number of aryl methyl sites for hydroxylation is 1. The first-order valence-corrected chi connectivity index (χ1v) is 5.35. The quantitative estimate of drug-likeness (QED) is 0.842. The zero-order chi connectivity index (χ0) is 12.6. The third kappa shape index (κ3) is 1.84. The molecule has 5 heteroatoms. The van der Waals surface area contributed by atoms with Crippen LogP contribution in [0.5, 0.6) is 5.75 Å². The number of hydrogen-bond acceptors (Lipinski definition) is 3. The normalized spacial score (nSPS) is 14.2. The molecule has 17 heavy (non-hydrogen) atoms. The minimum Gasteiger partial charge on any atom is -0.482 e. The van der Waals surface area contributed by atoms with Gasteiger partial charge in [-0.25, -0.2) is 4.79 Å². The fourth-order valence-corrected chi connectivity index (χ4v) is 2.00. The van der Waals surface area contributed by atoms with Crippen LogP contribution in [0.4, 0.5) is 5.69 Å². The van der Waals surface area contributed by atoms with Gasteiger partial charge in [0.2, 0.25) is 0 Å². The number of carbonyl (C=O) groups excluding carboxylic acids is 1. The molecule has 0 fully saturated rings. The molecule has 1 aromatic rings. The lowest BCUT2D eigenvalue weighted by atomic mass is 10.1. The van der Waals surface area contributed by atoms with E-state index in [1.807, 2.05) is 6.92 Å². The van der Waals surface area contributed by atoms with Gasteiger partial charge in [0.15, 0.2) is 6.61 Å². The Kier molecular flexibility index (Phi) is 2.75. The summed E-state index contributed by atoms with van der Waals surface area (Å²) in [5, 5.41) is 8.95. The molecule has 90 valence electrons. The zero-order valence-corrected chi connectivity index (χ0v) is 9.69. The number of carboxylic acid groups (broad SMARTS) is 1. The summed E-state index contributed by atoms with van der Waals surface area (Å²) in [6.07, 6.45) is 0. The summed E-state index contributed by atoms with van der Waals surface area (Å²) in [4.78, 5) is 24.2. The van der Waals surface area contributed by atoms with Crippen molar-refractivity contribution in [2.75, 3.05) is 18.1 Å². The van der Waals surface area contributed by atoms with Crippen LogP contribution in [0.15, 0.2) is 12.1 Å². The van der Waals surface area contributed by atoms with E-state index in [1.165, 1.54) is 6.07 Å². The number of carboxylic acids is 1. The molecule has 0 spiro atoms. The van der Waals surface area contributed by atoms with Gasteiger partial charge in [0.1, 0.15) is 5.75 Å². The summed E-state index contributed by atoms with van der Waals surface area (Å²) < 4.78 is 5.28. The molecule has 0 radical (unpaired) electrons. The van der Waals surface area contributed by atoms with Crippen LogP contribution in [0.1, 0.15) is 22.8 Å². The molecule has 1 aliphatic heterocycles. The number of aromatic carboxylic acids is 1. The van der Waals surface area contributed by atoms with Crippen LogP contribution in [0.2, 0.25) is 0 Å². The summed E-state index contributed by atoms with van der Waals surface area (Å²) >= 11 is 0. The van der Waals surface area contributed by atoms with Crippen molar-refractivity contribution in [1.82, 2.24) is 0 Å². The van der Waals surface area contributed by atoms with Crippen molar-refractivity contribution >= 4 is 17.6 Å². The van der Waals surface area contributed by atoms with E-state index in [0.29, 0.717) is 18.0 Å². The molecule has 1 amide bonds. The molecule has 1 aromatic carbocycles. The van der Waals surface area contributed by atoms with Crippen molar-refractivity contribution in [3.63, 3.8) is 0 Å². The maximum Gasteiger partial charge on any atom is 0.335 e. The van der Waals surface area contributed by atoms with Crippen LogP contribution in [-0.2, 0) is 4.79 Å². The minimum atomic E-state index is -1.00. The van der Waals surface area contributed by atoms with Gasteiger partial charge in [-0.2, -0.15) is 0 Å². The smallest absolute Gasteiger partial charge is 0.335 e. The highest BCUT2D eigenvalue weighted by Crippen LogP contribution is 2.36. The number of hydrogen-bond donors (Lipinski definition) is 1. The number of fused-ring (bicyclic) bond motifs is 1. The Bertz CT molecular complexity index is 496. The van der Waals surface area contributed by atoms with Crippen LogP contribution < -0.4 is 9.64 Å². The van der Waals surface area contributed by atoms with Crippen LogP contribution in [0.3, 0.4) is 0 Å². The summed E-state index contributed by atoms with van der Waals surface area (Å²) in [7, 11) is 0. The van der Waals surface area contributed by atoms with Gasteiger partial charge < -0.3 is 14.7 Å². The van der Waals surface area contributed by atoms with Gasteiger partial charge >= 0.3 is 5.97 Å². The van der Waals surface area contributed by atoms with E-state index in [4.69, 9.17) is 9.84 Å². The molecule has 1 N–H and O–H groups in total. The highest BCUT2D eigenvalue weighted by Gasteiger charge is 2.27. The summed E-state index contributed by atoms with van der Waals surface area (Å²) in [5.41, 5.74) is 1.58. The molecule has 1 aliphatic rings. The SMILES string of the molecule is CCN1C(=O)COc2cc(C(=O)O)cc(C)c21. The lowest BCUT2D eigenvalue weighted by Crippen LogP contribution is -2.39. The number of carbonyl (C=O) groups is 2. The number of nitrogens with zero attached hydrogens (tertiary/aromatic N) is 1. The summed E-state index contributed by atoms with van der Waals surface area (Å²) in [5.74, 6) is -0.644. The third-order valence-corrected chi connectivity index (χ3v) is 2.75. The van der Waals surface area contributed by atoms with E-state index in [9.17, 15) is 9.59 Å². The molecule has 0 aromatic heterocycles. The number of likely N-dealkylation sites (N-methyl/N-ethyl adjacent to an activating group) is 1. The standard InChI is InChI=1S/C12H13NO4/c1-3-13-10(14)6-17-9-5-8(12(15)16)4-7(2)11(9)13/h4-5H,3,6H2,1-2H3,(H,15,16). The second-order valence-corrected chi connectivity index (χ2v) is 3.87. The van der Waals surface area contributed by atoms with Crippen molar-refractivity contribution in [2.24, 2.45) is 0 Å². The van der Waals surface area contributed by atoms with E-state index in [0.717, 1.165) is 5.56 Å². The van der Waals surface area contributed by atoms with Gasteiger partial charge in [-0.3, -0.25) is 4.79 Å². The number of anilines is 1. The van der Waals surface area contributed by atoms with Gasteiger partial charge in [0.25, 0.3) is 5.91 Å². The molecule has 5 nitrogen and oxygen atoms in total. The highest BCUT2D eigenvalue weighted by molar-refractivity contribution is 6.00. The number of ether oxygens (including phenoxy) is 1. The predicted octanol–water partition coefficient (Wildman–Crippen LogP) is 1.44. The van der Waals surface area contributed by atoms with Crippen LogP contribution >= 0.6 is 0 Å². The molecule has 0 bridgehead atoms. The Morgan fingerprint density at radius 3 is 2.82 bits per heavy atom. The zero-order valence-electron chi connectivity index (χ0n) is 9.69. The monoisotopic (exact) mass is 235 g/mol. The highest BCUT2D eigenvalue weighted by atomic mass is 16.5. The predicted molar refractivity (Wildman–Crippen MR) is 61.7 cm³/mol. The summed E-state index contributed by atoms with van der Waals surface area (Å²) in [6.45, 7) is 4.15. The van der Waals surface area contributed by atoms with Crippen molar-refractivity contribution in [2.45, 2.75) is 13.8 Å². The van der Waals surface area contributed by atoms with E-state index in [1.54, 1.807) is 17.9 Å². The Hall–Kier alpha value is -2.04. The largest absolute Gasteiger partial charge is 0.482 e. The first-order chi connectivity index (χ1) is 8.04. The second-order valence-electron chi connectivity index (χ2n) is 3.87. The second kappa shape index (κ2) is 4.08. The minimum absolute atomic E-state index is 0.0383. The van der Waals surface area contributed by atoms with Gasteiger partial charge in [-0.15, -0.1) is 0 Å². The fourth-order valence-electron chi connectivity index (χ4n) is 2.00. The fraction of sp³-hybridized carbons (Fsp3) is 0.333. The molecule has 0 aliphatic carbocycles. The van der Waals surface area contributed by atoms with Gasteiger partial charge in [0, 0.05) is 6.54 Å². The van der Waals surface area contributed by atoms with E-state index >= 15 is 0 Å². The molecular weight excluding hydrogens is 222 g/mol. The Morgan fingerprint density at radius 1 is 1.53 bits per heavy atom. The van der Waals surface area contributed by atoms with Crippen LogP contribution in [-0.4, -0.2) is 30.1 Å². The summed E-state index contributed by atoms with van der Waals surface area (Å²) in [6, 6.07) is 3.01. The molecule has 0 atom stereocenters. The molecule has 2 rings (SSSR count). The number of benzene rings is 1. The van der Waals surface area contributed by atoms with Gasteiger partial charge in [0.05, 0.1) is 11.3 Å². The number of rotatable bonds is 2. The van der Waals surface area contributed by atoms with Crippen LogP contribution in [0.25, 0.3) is 0 Å². The van der Waals surface area contributed by atoms with Gasteiger partial charge in [-0.1, -0.05) is 0 Å². The topological polar surface area (TPSA) is 66.8 Å². The Labute approximate surface area is 98.6 Å². The lowest BCUT2D eigenvalue weighted by molar-refractivity contribution is -0.121. The maximum absolute atomic E-state index is 11.6. The van der Waals surface area contributed by atoms with Crippen LogP contribution in [0, 0.1) is 6.92 Å². The first kappa shape index (κ1) is 11.4. The molecule has 1 heterocycles. The van der Waals surface area contributed by atoms with Crippen molar-refractivity contribution in [3.05, 3.63) is 23.3 Å². The molecule has 0 unspecified atom stereocenters. The van der Waals surface area contributed by atoms with Crippen molar-refractivity contribution in [3.8, 4) is 5.75 Å². The lowest BCUT2D eigenvalue weighted by Gasteiger charge is -2.30. The average Bonchev–Trinajstić information content (AvgIpc) is 2.29. The molecule has 0 saturated heterocycles. The van der Waals surface area contributed by atoms with Gasteiger partial charge in [-0.05, 0) is 31.5 Å².